The van der Waals surface area contributed by atoms with Gasteiger partial charge in [0.25, 0.3) is 0 Å². The Morgan fingerprint density at radius 2 is 1.72 bits per heavy atom. The Kier molecular flexibility index (Phi) is 7.79. The number of nitrogens with zero attached hydrogens (tertiary/aromatic N) is 4. The van der Waals surface area contributed by atoms with Gasteiger partial charge in [-0.05, 0) is 61.4 Å². The Balaban J connectivity index is 1.21. The lowest BCUT2D eigenvalue weighted by Crippen LogP contribution is -2.51. The molecule has 0 aliphatic carbocycles. The number of rotatable bonds is 5. The largest absolute Gasteiger partial charge is 0.362 e. The van der Waals surface area contributed by atoms with E-state index in [1.165, 1.54) is 5.57 Å². The molecular formula is C24H33Cl2N5O. The van der Waals surface area contributed by atoms with Gasteiger partial charge in [-0.15, -0.1) is 0 Å². The molecule has 3 heterocycles. The molecule has 3 aliphatic heterocycles. The average molecular weight is 478 g/mol. The number of carbonyl (C=O) groups is 1. The maximum absolute atomic E-state index is 13.1. The highest BCUT2D eigenvalue weighted by Crippen LogP contribution is 2.24. The van der Waals surface area contributed by atoms with Crippen LogP contribution in [0.1, 0.15) is 18.4 Å². The van der Waals surface area contributed by atoms with E-state index in [1.807, 2.05) is 30.3 Å². The molecule has 0 aromatic heterocycles. The Morgan fingerprint density at radius 3 is 2.38 bits per heavy atom. The monoisotopic (exact) mass is 477 g/mol. The number of likely N-dealkylation sites (tertiary alicyclic amines) is 1. The molecule has 0 spiro atoms. The zero-order chi connectivity index (χ0) is 22.7. The fourth-order valence-electron chi connectivity index (χ4n) is 4.68. The van der Waals surface area contributed by atoms with Gasteiger partial charge in [-0.3, -0.25) is 14.6 Å². The minimum absolute atomic E-state index is 0.0523. The van der Waals surface area contributed by atoms with Crippen molar-refractivity contribution in [3.05, 3.63) is 57.7 Å². The third-order valence-corrected chi connectivity index (χ3v) is 7.40. The number of carbonyl (C=O) groups excluding carboxylic acids is 1. The van der Waals surface area contributed by atoms with Crippen LogP contribution in [0.15, 0.2) is 42.1 Å². The molecule has 2 N–H and O–H groups in total. The number of piperidine rings is 1. The van der Waals surface area contributed by atoms with Gasteiger partial charge in [-0.25, -0.2) is 0 Å². The predicted molar refractivity (Wildman–Crippen MR) is 130 cm³/mol. The summed E-state index contributed by atoms with van der Waals surface area (Å²) in [6.07, 6.45) is 8.11. The third-order valence-electron chi connectivity index (χ3n) is 6.81. The van der Waals surface area contributed by atoms with Crippen LogP contribution in [0.4, 0.5) is 0 Å². The minimum atomic E-state index is -0.0523. The molecule has 8 heteroatoms. The van der Waals surface area contributed by atoms with Crippen molar-refractivity contribution in [2.24, 2.45) is 11.7 Å². The Bertz CT molecular complexity index is 873. The van der Waals surface area contributed by atoms with Gasteiger partial charge in [-0.1, -0.05) is 29.3 Å². The van der Waals surface area contributed by atoms with Crippen LogP contribution in [0, 0.1) is 5.92 Å². The van der Waals surface area contributed by atoms with E-state index in [9.17, 15) is 4.79 Å². The van der Waals surface area contributed by atoms with E-state index in [2.05, 4.69) is 26.9 Å². The van der Waals surface area contributed by atoms with Crippen LogP contribution in [0.25, 0.3) is 0 Å². The second kappa shape index (κ2) is 10.6. The molecule has 4 rings (SSSR count). The molecule has 0 saturated carbocycles. The summed E-state index contributed by atoms with van der Waals surface area (Å²) in [4.78, 5) is 21.9. The molecule has 0 radical (unpaired) electrons. The molecule has 1 unspecified atom stereocenters. The zero-order valence-electron chi connectivity index (χ0n) is 18.7. The van der Waals surface area contributed by atoms with Crippen LogP contribution in [-0.2, 0) is 11.3 Å². The van der Waals surface area contributed by atoms with E-state index in [-0.39, 0.29) is 12.1 Å². The first-order valence-corrected chi connectivity index (χ1v) is 12.2. The van der Waals surface area contributed by atoms with Gasteiger partial charge < -0.3 is 15.5 Å². The fraction of sp³-hybridized carbons (Fsp3) is 0.542. The van der Waals surface area contributed by atoms with Crippen molar-refractivity contribution in [2.45, 2.75) is 25.6 Å². The quantitative estimate of drug-likeness (QED) is 0.705. The Morgan fingerprint density at radius 1 is 1.03 bits per heavy atom. The highest BCUT2D eigenvalue weighted by Gasteiger charge is 2.30. The Hall–Kier alpha value is -1.57. The first-order valence-electron chi connectivity index (χ1n) is 11.4. The van der Waals surface area contributed by atoms with Gasteiger partial charge in [-0.2, -0.15) is 0 Å². The average Bonchev–Trinajstić information content (AvgIpc) is 2.79. The molecular weight excluding hydrogens is 445 g/mol. The van der Waals surface area contributed by atoms with Crippen molar-refractivity contribution >= 4 is 29.1 Å². The predicted octanol–water partition coefficient (Wildman–Crippen LogP) is 3.02. The summed E-state index contributed by atoms with van der Waals surface area (Å²) in [6.45, 7) is 6.94. The van der Waals surface area contributed by atoms with E-state index in [4.69, 9.17) is 28.9 Å². The van der Waals surface area contributed by atoms with Crippen molar-refractivity contribution < 1.29 is 4.79 Å². The number of piperazine rings is 1. The second-order valence-corrected chi connectivity index (χ2v) is 9.94. The summed E-state index contributed by atoms with van der Waals surface area (Å²) >= 11 is 12.3. The molecule has 174 valence electrons. The van der Waals surface area contributed by atoms with Gasteiger partial charge in [0, 0.05) is 68.5 Å². The van der Waals surface area contributed by atoms with E-state index < -0.39 is 0 Å². The minimum Gasteiger partial charge on any atom is -0.362 e. The fourth-order valence-corrected chi connectivity index (χ4v) is 5.15. The smallest absolute Gasteiger partial charge is 0.225 e. The summed E-state index contributed by atoms with van der Waals surface area (Å²) in [5.41, 5.74) is 8.44. The molecule has 0 bridgehead atoms. The van der Waals surface area contributed by atoms with Crippen LogP contribution in [0.5, 0.6) is 0 Å². The number of benzene rings is 1. The first kappa shape index (κ1) is 23.6. The SMILES string of the molecule is CN1C=CC(CN2CCC(C(=O)N3CCN(Cc4ccc(Cl)cc4Cl)CC3)CC2)=CC1N. The van der Waals surface area contributed by atoms with Gasteiger partial charge in [0.05, 0.1) is 6.17 Å². The number of amides is 1. The summed E-state index contributed by atoms with van der Waals surface area (Å²) in [7, 11) is 1.98. The molecule has 1 atom stereocenters. The lowest BCUT2D eigenvalue weighted by Gasteiger charge is -2.39. The number of hydrogen-bond donors (Lipinski definition) is 1. The number of likely N-dealkylation sites (N-methyl/N-ethyl adjacent to an activating group) is 1. The third kappa shape index (κ3) is 5.86. The van der Waals surface area contributed by atoms with Crippen LogP contribution in [0.2, 0.25) is 10.0 Å². The molecule has 1 aromatic rings. The van der Waals surface area contributed by atoms with Crippen LogP contribution < -0.4 is 5.73 Å². The normalized spacial score (nSPS) is 23.5. The van der Waals surface area contributed by atoms with Gasteiger partial charge in [0.15, 0.2) is 0 Å². The van der Waals surface area contributed by atoms with Crippen LogP contribution >= 0.6 is 23.2 Å². The van der Waals surface area contributed by atoms with Crippen molar-refractivity contribution in [1.29, 1.82) is 0 Å². The summed E-state index contributed by atoms with van der Waals surface area (Å²) in [6, 6.07) is 5.66. The zero-order valence-corrected chi connectivity index (χ0v) is 20.2. The molecule has 1 aromatic carbocycles. The molecule has 6 nitrogen and oxygen atoms in total. The first-order chi connectivity index (χ1) is 15.4. The van der Waals surface area contributed by atoms with Gasteiger partial charge in [0.2, 0.25) is 5.91 Å². The van der Waals surface area contributed by atoms with Crippen molar-refractivity contribution in [2.75, 3.05) is 52.9 Å². The highest BCUT2D eigenvalue weighted by molar-refractivity contribution is 6.35. The lowest BCUT2D eigenvalue weighted by atomic mass is 9.94. The lowest BCUT2D eigenvalue weighted by molar-refractivity contribution is -0.138. The molecule has 2 saturated heterocycles. The molecule has 32 heavy (non-hydrogen) atoms. The summed E-state index contributed by atoms with van der Waals surface area (Å²) in [5.74, 6) is 0.474. The number of hydrogen-bond acceptors (Lipinski definition) is 5. The molecule has 3 aliphatic rings. The van der Waals surface area contributed by atoms with Crippen molar-refractivity contribution in [3.8, 4) is 0 Å². The second-order valence-electron chi connectivity index (χ2n) is 9.10. The summed E-state index contributed by atoms with van der Waals surface area (Å²) < 4.78 is 0. The van der Waals surface area contributed by atoms with Crippen molar-refractivity contribution in [3.63, 3.8) is 0 Å². The maximum atomic E-state index is 13.1. The van der Waals surface area contributed by atoms with Crippen LogP contribution in [-0.4, -0.2) is 84.5 Å². The molecule has 1 amide bonds. The van der Waals surface area contributed by atoms with E-state index in [0.717, 1.165) is 70.8 Å². The van der Waals surface area contributed by atoms with E-state index >= 15 is 0 Å². The Labute approximate surface area is 201 Å². The molecule has 2 fully saturated rings. The van der Waals surface area contributed by atoms with Gasteiger partial charge in [0.1, 0.15) is 0 Å². The maximum Gasteiger partial charge on any atom is 0.225 e. The van der Waals surface area contributed by atoms with Crippen molar-refractivity contribution in [1.82, 2.24) is 19.6 Å². The summed E-state index contributed by atoms with van der Waals surface area (Å²) in [5, 5.41) is 1.36. The van der Waals surface area contributed by atoms with E-state index in [0.29, 0.717) is 16.0 Å². The van der Waals surface area contributed by atoms with Crippen LogP contribution in [0.3, 0.4) is 0 Å². The standard InChI is InChI=1S/C24H33Cl2N5O/c1-28-7-4-18(14-23(28)27)16-29-8-5-19(6-9-29)24(32)31-12-10-30(11-13-31)17-20-2-3-21(25)15-22(20)26/h2-4,7,14-15,19,23H,5-6,8-13,16-17,27H2,1H3. The van der Waals surface area contributed by atoms with E-state index in [1.54, 1.807) is 6.07 Å². The van der Waals surface area contributed by atoms with Gasteiger partial charge >= 0.3 is 0 Å². The highest BCUT2D eigenvalue weighted by atomic mass is 35.5. The topological polar surface area (TPSA) is 56.0 Å². The number of nitrogens with two attached hydrogens (primary N) is 1. The number of halogens is 2.